The number of hydrogen-bond acceptors (Lipinski definition) is 1. The number of allylic oxidation sites excluding steroid dienone is 4. The fraction of sp³-hybridized carbons (Fsp3) is 0.818. The van der Waals surface area contributed by atoms with Crippen LogP contribution in [0.25, 0.3) is 0 Å². The molecule has 10 aliphatic rings. The largest absolute Gasteiger partial charge is 0.370 e. The molecule has 0 aromatic carbocycles. The van der Waals surface area contributed by atoms with E-state index in [4.69, 9.17) is 4.74 Å². The molecule has 1 nitrogen and oxygen atoms in total. The van der Waals surface area contributed by atoms with Crippen LogP contribution in [0.3, 0.4) is 0 Å². The van der Waals surface area contributed by atoms with Gasteiger partial charge in [0.1, 0.15) is 0 Å². The quantitative estimate of drug-likeness (QED) is 0.613. The molecule has 0 aromatic rings. The van der Waals surface area contributed by atoms with Crippen LogP contribution in [0.4, 0.5) is 0 Å². The van der Waals surface area contributed by atoms with Crippen molar-refractivity contribution in [3.63, 3.8) is 0 Å². The van der Waals surface area contributed by atoms with E-state index in [9.17, 15) is 0 Å². The Morgan fingerprint density at radius 1 is 0.783 bits per heavy atom. The number of rotatable bonds is 0. The van der Waals surface area contributed by atoms with Gasteiger partial charge in [0, 0.05) is 5.92 Å². The van der Waals surface area contributed by atoms with Gasteiger partial charge in [-0.05, 0) is 84.9 Å². The van der Waals surface area contributed by atoms with Gasteiger partial charge in [-0.2, -0.15) is 0 Å². The van der Waals surface area contributed by atoms with Gasteiger partial charge in [0.2, 0.25) is 0 Å². The predicted molar refractivity (Wildman–Crippen MR) is 87.4 cm³/mol. The van der Waals surface area contributed by atoms with E-state index < -0.39 is 0 Å². The smallest absolute Gasteiger partial charge is 0.0776 e. The Labute approximate surface area is 138 Å². The first-order valence-corrected chi connectivity index (χ1v) is 10.4. The Bertz CT molecular complexity index is 657. The van der Waals surface area contributed by atoms with Gasteiger partial charge in [-0.3, -0.25) is 0 Å². The second-order valence-electron chi connectivity index (χ2n) is 10.4. The lowest BCUT2D eigenvalue weighted by atomic mass is 9.59. The lowest BCUT2D eigenvalue weighted by Gasteiger charge is -2.51. The fourth-order valence-electron chi connectivity index (χ4n) is 9.85. The van der Waals surface area contributed by atoms with E-state index in [0.29, 0.717) is 11.7 Å². The van der Waals surface area contributed by atoms with Crippen molar-refractivity contribution in [1.82, 2.24) is 0 Å². The maximum Gasteiger partial charge on any atom is 0.0776 e. The average molecular weight is 306 g/mol. The van der Waals surface area contributed by atoms with Crippen LogP contribution in [0.5, 0.6) is 0 Å². The van der Waals surface area contributed by atoms with Crippen molar-refractivity contribution in [2.45, 2.75) is 43.8 Å². The predicted octanol–water partition coefficient (Wildman–Crippen LogP) is 4.06. The van der Waals surface area contributed by atoms with E-state index in [1.54, 1.807) is 6.42 Å². The summed E-state index contributed by atoms with van der Waals surface area (Å²) in [7, 11) is 0. The van der Waals surface area contributed by atoms with E-state index in [0.717, 1.165) is 65.1 Å². The third-order valence-electron chi connectivity index (χ3n) is 10.2. The van der Waals surface area contributed by atoms with Crippen molar-refractivity contribution in [2.75, 3.05) is 0 Å². The van der Waals surface area contributed by atoms with Crippen LogP contribution in [0.1, 0.15) is 32.1 Å². The second kappa shape index (κ2) is 3.39. The van der Waals surface area contributed by atoms with Gasteiger partial charge in [-0.1, -0.05) is 30.7 Å². The van der Waals surface area contributed by atoms with Gasteiger partial charge in [0.05, 0.1) is 11.7 Å². The van der Waals surface area contributed by atoms with Gasteiger partial charge < -0.3 is 4.74 Å². The Hall–Kier alpha value is -0.560. The molecule has 120 valence electrons. The van der Waals surface area contributed by atoms with Crippen LogP contribution < -0.4 is 0 Å². The molecule has 11 bridgehead atoms. The molecule has 23 heavy (non-hydrogen) atoms. The van der Waals surface area contributed by atoms with Crippen LogP contribution in [0.2, 0.25) is 0 Å². The van der Waals surface area contributed by atoms with E-state index in [1.165, 1.54) is 25.7 Å². The summed E-state index contributed by atoms with van der Waals surface area (Å²) in [4.78, 5) is 0. The van der Waals surface area contributed by atoms with Gasteiger partial charge in [0.25, 0.3) is 0 Å². The molecule has 1 aliphatic heterocycles. The highest BCUT2D eigenvalue weighted by molar-refractivity contribution is 5.32. The molecule has 9 aliphatic carbocycles. The normalized spacial score (nSPS) is 73.7. The molecule has 0 amide bonds. The highest BCUT2D eigenvalue weighted by atomic mass is 16.5. The van der Waals surface area contributed by atoms with E-state index in [2.05, 4.69) is 24.3 Å². The first kappa shape index (κ1) is 11.9. The van der Waals surface area contributed by atoms with Gasteiger partial charge >= 0.3 is 0 Å². The Balaban J connectivity index is 1.29. The monoisotopic (exact) mass is 306 g/mol. The van der Waals surface area contributed by atoms with E-state index in [1.807, 2.05) is 0 Å². The Morgan fingerprint density at radius 3 is 2.48 bits per heavy atom. The molecule has 1 spiro atoms. The zero-order chi connectivity index (χ0) is 14.5. The molecule has 10 rings (SSSR count). The summed E-state index contributed by atoms with van der Waals surface area (Å²) < 4.78 is 6.66. The van der Waals surface area contributed by atoms with Crippen molar-refractivity contribution in [1.29, 1.82) is 0 Å². The molecule has 1 saturated heterocycles. The van der Waals surface area contributed by atoms with Crippen LogP contribution in [0.15, 0.2) is 24.3 Å². The first-order chi connectivity index (χ1) is 11.4. The Kier molecular flexibility index (Phi) is 1.75. The molecular formula is C22H26O. The molecule has 11 atom stereocenters. The fourth-order valence-corrected chi connectivity index (χ4v) is 9.85. The van der Waals surface area contributed by atoms with Crippen molar-refractivity contribution in [2.24, 2.45) is 65.1 Å². The summed E-state index contributed by atoms with van der Waals surface area (Å²) in [6.07, 6.45) is 18.6. The minimum Gasteiger partial charge on any atom is -0.370 e. The minimum atomic E-state index is 0.403. The van der Waals surface area contributed by atoms with Gasteiger partial charge in [-0.15, -0.1) is 0 Å². The van der Waals surface area contributed by atoms with E-state index >= 15 is 0 Å². The maximum absolute atomic E-state index is 6.66. The molecule has 11 unspecified atom stereocenters. The molecular weight excluding hydrogens is 280 g/mol. The summed E-state index contributed by atoms with van der Waals surface area (Å²) in [5, 5.41) is 0. The molecule has 7 fully saturated rings. The third kappa shape index (κ3) is 1.06. The van der Waals surface area contributed by atoms with Crippen molar-refractivity contribution >= 4 is 0 Å². The van der Waals surface area contributed by atoms with Crippen LogP contribution in [0, 0.1) is 65.1 Å². The van der Waals surface area contributed by atoms with Gasteiger partial charge in [-0.25, -0.2) is 0 Å². The number of hydrogen-bond donors (Lipinski definition) is 0. The minimum absolute atomic E-state index is 0.403. The summed E-state index contributed by atoms with van der Waals surface area (Å²) in [5.74, 6) is 10.6. The lowest BCUT2D eigenvalue weighted by molar-refractivity contribution is -0.229. The van der Waals surface area contributed by atoms with Crippen molar-refractivity contribution < 1.29 is 4.74 Å². The maximum atomic E-state index is 6.66. The van der Waals surface area contributed by atoms with Gasteiger partial charge in [0.15, 0.2) is 0 Å². The zero-order valence-corrected chi connectivity index (χ0v) is 13.7. The highest BCUT2D eigenvalue weighted by Crippen LogP contribution is 2.79. The summed E-state index contributed by atoms with van der Waals surface area (Å²) >= 11 is 0. The number of ether oxygens (including phenoxy) is 1. The lowest BCUT2D eigenvalue weighted by Crippen LogP contribution is -2.55. The second-order valence-corrected chi connectivity index (χ2v) is 10.4. The summed E-state index contributed by atoms with van der Waals surface area (Å²) in [6, 6.07) is 0. The van der Waals surface area contributed by atoms with Crippen molar-refractivity contribution in [3.05, 3.63) is 24.3 Å². The molecule has 1 heterocycles. The van der Waals surface area contributed by atoms with E-state index in [-0.39, 0.29) is 0 Å². The Morgan fingerprint density at radius 2 is 1.61 bits per heavy atom. The summed E-state index contributed by atoms with van der Waals surface area (Å²) in [6.45, 7) is 0. The molecule has 0 N–H and O–H groups in total. The van der Waals surface area contributed by atoms with Crippen LogP contribution >= 0.6 is 0 Å². The van der Waals surface area contributed by atoms with Crippen LogP contribution in [-0.2, 0) is 4.74 Å². The zero-order valence-electron chi connectivity index (χ0n) is 13.7. The third-order valence-corrected chi connectivity index (χ3v) is 10.2. The topological polar surface area (TPSA) is 9.23 Å². The first-order valence-electron chi connectivity index (χ1n) is 10.4. The molecule has 1 heteroatoms. The SMILES string of the molecule is C1=CC2C3C=CC1C1CC4C5CCCC67OC(C(CC1C23)C56)C47. The standard InChI is InChI=1S/C22H26O/c1-2-13-16-8-14-10-3-5-11-12(6-4-10)18(11)15(14)9-17-19(13)22(7-1)20(16)21(17)23-22/h3-6,10-21H,1-2,7-9H2. The molecule has 0 aromatic heterocycles. The average Bonchev–Trinajstić information content (AvgIpc) is 3.11. The molecule has 6 saturated carbocycles. The van der Waals surface area contributed by atoms with Crippen LogP contribution in [-0.4, -0.2) is 11.7 Å². The summed E-state index contributed by atoms with van der Waals surface area (Å²) in [5.41, 5.74) is 0.403. The van der Waals surface area contributed by atoms with Crippen molar-refractivity contribution in [3.8, 4) is 0 Å². The molecule has 0 radical (unpaired) electrons. The highest BCUT2D eigenvalue weighted by Gasteiger charge is 2.81.